The zero-order chi connectivity index (χ0) is 18.8. The fourth-order valence-corrected chi connectivity index (χ4v) is 2.07. The molecule has 138 valence electrons. The lowest BCUT2D eigenvalue weighted by Crippen LogP contribution is -2.25. The van der Waals surface area contributed by atoms with Crippen LogP contribution >= 0.6 is 0 Å². The molecule has 0 aliphatic carbocycles. The normalized spacial score (nSPS) is 10.8. The average Bonchev–Trinajstić information content (AvgIpc) is 2.63. The highest BCUT2D eigenvalue weighted by molar-refractivity contribution is 5.87. The van der Waals surface area contributed by atoms with E-state index in [4.69, 9.17) is 4.74 Å². The quantitative estimate of drug-likeness (QED) is 0.530. The van der Waals surface area contributed by atoms with Crippen LogP contribution in [0.3, 0.4) is 0 Å². The minimum absolute atomic E-state index is 0.0146. The van der Waals surface area contributed by atoms with Crippen LogP contribution in [-0.2, 0) is 4.79 Å². The van der Waals surface area contributed by atoms with Crippen molar-refractivity contribution in [2.24, 2.45) is 5.10 Å². The van der Waals surface area contributed by atoms with Crippen LogP contribution in [0.15, 0.2) is 53.6 Å². The molecule has 6 nitrogen and oxygen atoms in total. The number of hydrogen-bond acceptors (Lipinski definition) is 5. The highest BCUT2D eigenvalue weighted by Gasteiger charge is 2.14. The number of carbonyl (C=O) groups is 1. The molecule has 2 aromatic rings. The van der Waals surface area contributed by atoms with E-state index < -0.39 is 6.61 Å². The highest BCUT2D eigenvalue weighted by Crippen LogP contribution is 2.31. The van der Waals surface area contributed by atoms with Crippen molar-refractivity contribution in [3.8, 4) is 11.5 Å². The Morgan fingerprint density at radius 3 is 2.65 bits per heavy atom. The molecule has 0 aromatic heterocycles. The second-order valence-corrected chi connectivity index (χ2v) is 5.00. The van der Waals surface area contributed by atoms with E-state index in [9.17, 15) is 13.6 Å². The van der Waals surface area contributed by atoms with Crippen molar-refractivity contribution in [1.82, 2.24) is 5.43 Å². The molecule has 0 atom stereocenters. The van der Waals surface area contributed by atoms with Crippen molar-refractivity contribution in [1.29, 1.82) is 0 Å². The number of halogens is 2. The molecule has 0 spiro atoms. The molecule has 0 aliphatic rings. The van der Waals surface area contributed by atoms with Crippen molar-refractivity contribution in [3.63, 3.8) is 0 Å². The molecule has 26 heavy (non-hydrogen) atoms. The fraction of sp³-hybridized carbons (Fsp3) is 0.222. The molecule has 2 aromatic carbocycles. The van der Waals surface area contributed by atoms with Crippen molar-refractivity contribution in [3.05, 3.63) is 54.1 Å². The van der Waals surface area contributed by atoms with E-state index in [1.807, 2.05) is 30.3 Å². The van der Waals surface area contributed by atoms with Crippen molar-refractivity contribution in [2.75, 3.05) is 18.5 Å². The number of alkyl halides is 2. The van der Waals surface area contributed by atoms with Crippen LogP contribution in [0.5, 0.6) is 11.5 Å². The van der Waals surface area contributed by atoms with Gasteiger partial charge in [0.1, 0.15) is 0 Å². The summed E-state index contributed by atoms with van der Waals surface area (Å²) in [5.74, 6) is -0.346. The zero-order valence-electron chi connectivity index (χ0n) is 14.1. The van der Waals surface area contributed by atoms with Gasteiger partial charge in [0, 0.05) is 11.3 Å². The summed E-state index contributed by atoms with van der Waals surface area (Å²) >= 11 is 0. The van der Waals surface area contributed by atoms with E-state index in [-0.39, 0.29) is 29.5 Å². The molecule has 2 rings (SSSR count). The zero-order valence-corrected chi connectivity index (χ0v) is 14.1. The van der Waals surface area contributed by atoms with E-state index in [2.05, 4.69) is 20.6 Å². The van der Waals surface area contributed by atoms with Gasteiger partial charge in [0.05, 0.1) is 19.4 Å². The first-order valence-electron chi connectivity index (χ1n) is 7.91. The summed E-state index contributed by atoms with van der Waals surface area (Å²) in [5.41, 5.74) is 3.37. The third-order valence-electron chi connectivity index (χ3n) is 3.14. The summed E-state index contributed by atoms with van der Waals surface area (Å²) in [6, 6.07) is 13.9. The first kappa shape index (κ1) is 19.2. The smallest absolute Gasteiger partial charge is 0.387 e. The van der Waals surface area contributed by atoms with E-state index in [0.29, 0.717) is 6.61 Å². The molecule has 2 N–H and O–H groups in total. The standard InChI is InChI=1S/C18H19F2N3O3/c1-2-25-15-10-6-7-13(17(15)26-18(19)20)11-22-23-16(24)12-21-14-8-4-3-5-9-14/h3-11,18,21H,2,12H2,1H3,(H,23,24)/b22-11-. The molecule has 1 amide bonds. The van der Waals surface area contributed by atoms with Crippen molar-refractivity contribution in [2.45, 2.75) is 13.5 Å². The van der Waals surface area contributed by atoms with Gasteiger partial charge in [0.2, 0.25) is 0 Å². The van der Waals surface area contributed by atoms with Crippen LogP contribution < -0.4 is 20.2 Å². The lowest BCUT2D eigenvalue weighted by Gasteiger charge is -2.13. The average molecular weight is 363 g/mol. The Kier molecular flexibility index (Phi) is 7.35. The predicted molar refractivity (Wildman–Crippen MR) is 94.9 cm³/mol. The van der Waals surface area contributed by atoms with Gasteiger partial charge >= 0.3 is 6.61 Å². The van der Waals surface area contributed by atoms with Gasteiger partial charge in [-0.2, -0.15) is 13.9 Å². The third-order valence-corrected chi connectivity index (χ3v) is 3.14. The van der Waals surface area contributed by atoms with E-state index >= 15 is 0 Å². The summed E-state index contributed by atoms with van der Waals surface area (Å²) in [7, 11) is 0. The number of carbonyl (C=O) groups excluding carboxylic acids is 1. The highest BCUT2D eigenvalue weighted by atomic mass is 19.3. The van der Waals surface area contributed by atoms with Gasteiger partial charge in [-0.25, -0.2) is 5.43 Å². The van der Waals surface area contributed by atoms with Gasteiger partial charge in [-0.05, 0) is 31.2 Å². The summed E-state index contributed by atoms with van der Waals surface area (Å²) in [5, 5.41) is 6.70. The van der Waals surface area contributed by atoms with Crippen LogP contribution in [-0.4, -0.2) is 31.9 Å². The number of anilines is 1. The monoisotopic (exact) mass is 363 g/mol. The van der Waals surface area contributed by atoms with Crippen molar-refractivity contribution >= 4 is 17.8 Å². The number of amides is 1. The third kappa shape index (κ3) is 6.04. The summed E-state index contributed by atoms with van der Waals surface area (Å²) in [4.78, 5) is 11.8. The van der Waals surface area contributed by atoms with Gasteiger partial charge in [0.25, 0.3) is 5.91 Å². The molecule has 0 heterocycles. The Labute approximate surface area is 149 Å². The SMILES string of the molecule is CCOc1cccc(/C=N\NC(=O)CNc2ccccc2)c1OC(F)F. The number of para-hydroxylation sites is 2. The first-order chi connectivity index (χ1) is 12.6. The van der Waals surface area contributed by atoms with Gasteiger partial charge < -0.3 is 14.8 Å². The second kappa shape index (κ2) is 9.97. The number of rotatable bonds is 9. The molecule has 0 aliphatic heterocycles. The molecular formula is C18H19F2N3O3. The van der Waals surface area contributed by atoms with Crippen LogP contribution in [0.25, 0.3) is 0 Å². The predicted octanol–water partition coefficient (Wildman–Crippen LogP) is 3.25. The lowest BCUT2D eigenvalue weighted by atomic mass is 10.2. The Morgan fingerprint density at radius 1 is 1.19 bits per heavy atom. The van der Waals surface area contributed by atoms with Crippen LogP contribution in [0.1, 0.15) is 12.5 Å². The molecule has 0 radical (unpaired) electrons. The largest absolute Gasteiger partial charge is 0.490 e. The number of nitrogens with one attached hydrogen (secondary N) is 2. The van der Waals surface area contributed by atoms with Crippen molar-refractivity contribution < 1.29 is 23.0 Å². The van der Waals surface area contributed by atoms with E-state index in [0.717, 1.165) is 5.69 Å². The number of hydrogen-bond donors (Lipinski definition) is 2. The molecule has 0 saturated heterocycles. The number of hydrazone groups is 1. The van der Waals surface area contributed by atoms with Crippen LogP contribution in [0, 0.1) is 0 Å². The maximum atomic E-state index is 12.6. The number of benzene rings is 2. The number of ether oxygens (including phenoxy) is 2. The Morgan fingerprint density at radius 2 is 1.96 bits per heavy atom. The summed E-state index contributed by atoms with van der Waals surface area (Å²) < 4.78 is 35.1. The molecule has 8 heteroatoms. The second-order valence-electron chi connectivity index (χ2n) is 5.00. The molecule has 0 fully saturated rings. The number of nitrogens with zero attached hydrogens (tertiary/aromatic N) is 1. The minimum atomic E-state index is -3.01. The molecule has 0 saturated carbocycles. The molecular weight excluding hydrogens is 344 g/mol. The Bertz CT molecular complexity index is 740. The van der Waals surface area contributed by atoms with Gasteiger partial charge in [0.15, 0.2) is 11.5 Å². The van der Waals surface area contributed by atoms with Gasteiger partial charge in [-0.15, -0.1) is 0 Å². The Balaban J connectivity index is 1.98. The summed E-state index contributed by atoms with van der Waals surface area (Å²) in [6.45, 7) is -0.969. The lowest BCUT2D eigenvalue weighted by molar-refractivity contribution is -0.119. The first-order valence-corrected chi connectivity index (χ1v) is 7.91. The summed E-state index contributed by atoms with van der Waals surface area (Å²) in [6.07, 6.45) is 1.22. The maximum Gasteiger partial charge on any atom is 0.387 e. The Hall–Kier alpha value is -3.16. The topological polar surface area (TPSA) is 72.0 Å². The van der Waals surface area contributed by atoms with Gasteiger partial charge in [-0.3, -0.25) is 4.79 Å². The van der Waals surface area contributed by atoms with E-state index in [1.54, 1.807) is 13.0 Å². The maximum absolute atomic E-state index is 12.6. The van der Waals surface area contributed by atoms with Gasteiger partial charge in [-0.1, -0.05) is 24.3 Å². The molecule has 0 bridgehead atoms. The van der Waals surface area contributed by atoms with Crippen LogP contribution in [0.4, 0.5) is 14.5 Å². The van der Waals surface area contributed by atoms with Crippen LogP contribution in [0.2, 0.25) is 0 Å². The van der Waals surface area contributed by atoms with E-state index in [1.165, 1.54) is 18.3 Å². The molecule has 0 unspecified atom stereocenters. The fourth-order valence-electron chi connectivity index (χ4n) is 2.07. The minimum Gasteiger partial charge on any atom is -0.490 e.